The van der Waals surface area contributed by atoms with Gasteiger partial charge in [0.15, 0.2) is 5.13 Å². The van der Waals surface area contributed by atoms with Crippen LogP contribution >= 0.6 is 11.3 Å². The number of H-pyrrole nitrogens is 1. The Balaban J connectivity index is 1.47. The van der Waals surface area contributed by atoms with E-state index < -0.39 is 0 Å². The van der Waals surface area contributed by atoms with Crippen molar-refractivity contribution in [3.8, 4) is 0 Å². The third-order valence-electron chi connectivity index (χ3n) is 4.90. The van der Waals surface area contributed by atoms with Crippen LogP contribution < -0.4 is 4.90 Å². The van der Waals surface area contributed by atoms with Crippen molar-refractivity contribution in [2.75, 3.05) is 24.5 Å². The SMILES string of the molecule is O=C([C@@H]1CCCN1c1nccs1)N1CCC[C@H](c2ccn[nH]2)C1. The van der Waals surface area contributed by atoms with Gasteiger partial charge in [-0.25, -0.2) is 4.98 Å². The monoisotopic (exact) mass is 331 g/mol. The molecule has 4 rings (SSSR count). The van der Waals surface area contributed by atoms with Gasteiger partial charge >= 0.3 is 0 Å². The number of nitrogens with zero attached hydrogens (tertiary/aromatic N) is 4. The van der Waals surface area contributed by atoms with Gasteiger partial charge in [0.2, 0.25) is 5.91 Å². The highest BCUT2D eigenvalue weighted by Crippen LogP contribution is 2.31. The summed E-state index contributed by atoms with van der Waals surface area (Å²) >= 11 is 1.62. The van der Waals surface area contributed by atoms with E-state index in [4.69, 9.17) is 0 Å². The molecule has 2 atom stereocenters. The number of carbonyl (C=O) groups is 1. The molecule has 0 bridgehead atoms. The summed E-state index contributed by atoms with van der Waals surface area (Å²) < 4.78 is 0. The standard InChI is InChI=1S/C16H21N5OS/c22-15(14-4-2-9-21(14)16-17-7-10-23-16)20-8-1-3-12(11-20)13-5-6-18-19-13/h5-7,10,12,14H,1-4,8-9,11H2,(H,18,19)/t12-,14-/m0/s1. The van der Waals surface area contributed by atoms with Crippen LogP contribution in [-0.2, 0) is 4.79 Å². The number of anilines is 1. The summed E-state index contributed by atoms with van der Waals surface area (Å²) in [4.78, 5) is 21.7. The molecular weight excluding hydrogens is 310 g/mol. The van der Waals surface area contributed by atoms with E-state index in [-0.39, 0.29) is 11.9 Å². The molecule has 1 N–H and O–H groups in total. The zero-order chi connectivity index (χ0) is 15.6. The fourth-order valence-corrected chi connectivity index (χ4v) is 4.47. The lowest BCUT2D eigenvalue weighted by Crippen LogP contribution is -2.49. The van der Waals surface area contributed by atoms with E-state index in [1.807, 2.05) is 22.5 Å². The lowest BCUT2D eigenvalue weighted by molar-refractivity contribution is -0.133. The Hall–Kier alpha value is -1.89. The summed E-state index contributed by atoms with van der Waals surface area (Å²) in [5.74, 6) is 0.645. The van der Waals surface area contributed by atoms with E-state index in [9.17, 15) is 4.79 Å². The second-order valence-electron chi connectivity index (χ2n) is 6.30. The van der Waals surface area contributed by atoms with E-state index in [1.165, 1.54) is 0 Å². The van der Waals surface area contributed by atoms with Gasteiger partial charge in [-0.15, -0.1) is 11.3 Å². The van der Waals surface area contributed by atoms with Gasteiger partial charge in [0, 0.05) is 49.0 Å². The van der Waals surface area contributed by atoms with Crippen LogP contribution in [0.3, 0.4) is 0 Å². The molecule has 6 nitrogen and oxygen atoms in total. The molecule has 2 fully saturated rings. The van der Waals surface area contributed by atoms with Crippen LogP contribution in [0.5, 0.6) is 0 Å². The second kappa shape index (κ2) is 6.31. The second-order valence-corrected chi connectivity index (χ2v) is 7.17. The van der Waals surface area contributed by atoms with Crippen molar-refractivity contribution < 1.29 is 4.79 Å². The van der Waals surface area contributed by atoms with Gasteiger partial charge < -0.3 is 9.80 Å². The average molecular weight is 331 g/mol. The largest absolute Gasteiger partial charge is 0.340 e. The minimum atomic E-state index is -0.0401. The van der Waals surface area contributed by atoms with Crippen molar-refractivity contribution >= 4 is 22.4 Å². The first-order valence-corrected chi connectivity index (χ1v) is 9.15. The fourth-order valence-electron chi connectivity index (χ4n) is 3.75. The van der Waals surface area contributed by atoms with E-state index in [2.05, 4.69) is 20.1 Å². The van der Waals surface area contributed by atoms with Crippen molar-refractivity contribution in [1.29, 1.82) is 0 Å². The van der Waals surface area contributed by atoms with Gasteiger partial charge in [-0.3, -0.25) is 9.89 Å². The highest BCUT2D eigenvalue weighted by atomic mass is 32.1. The first-order valence-electron chi connectivity index (χ1n) is 8.27. The van der Waals surface area contributed by atoms with Crippen LogP contribution in [0.4, 0.5) is 5.13 Å². The summed E-state index contributed by atoms with van der Waals surface area (Å²) in [6.07, 6.45) is 7.77. The van der Waals surface area contributed by atoms with Gasteiger partial charge in [-0.2, -0.15) is 5.10 Å². The van der Waals surface area contributed by atoms with Crippen LogP contribution in [-0.4, -0.2) is 51.7 Å². The Morgan fingerprint density at radius 1 is 1.26 bits per heavy atom. The molecule has 0 radical (unpaired) electrons. The third kappa shape index (κ3) is 2.85. The maximum atomic E-state index is 13.1. The summed E-state index contributed by atoms with van der Waals surface area (Å²) in [5.41, 5.74) is 1.14. The Morgan fingerprint density at radius 2 is 2.17 bits per heavy atom. The minimum Gasteiger partial charge on any atom is -0.340 e. The zero-order valence-corrected chi connectivity index (χ0v) is 13.8. The molecule has 0 saturated carbocycles. The number of amides is 1. The first-order chi connectivity index (χ1) is 11.3. The van der Waals surface area contributed by atoms with Crippen LogP contribution in [0, 0.1) is 0 Å². The number of nitrogens with one attached hydrogen (secondary N) is 1. The molecule has 2 aromatic heterocycles. The Bertz CT molecular complexity index is 641. The number of piperidine rings is 1. The smallest absolute Gasteiger partial charge is 0.245 e. The first kappa shape index (κ1) is 14.7. The lowest BCUT2D eigenvalue weighted by Gasteiger charge is -2.35. The number of hydrogen-bond acceptors (Lipinski definition) is 5. The summed E-state index contributed by atoms with van der Waals surface area (Å²) in [7, 11) is 0. The molecule has 4 heterocycles. The number of hydrogen-bond donors (Lipinski definition) is 1. The van der Waals surface area contributed by atoms with Crippen molar-refractivity contribution in [3.63, 3.8) is 0 Å². The number of likely N-dealkylation sites (tertiary alicyclic amines) is 1. The van der Waals surface area contributed by atoms with E-state index >= 15 is 0 Å². The molecule has 0 aliphatic carbocycles. The van der Waals surface area contributed by atoms with Gasteiger partial charge in [-0.05, 0) is 31.7 Å². The summed E-state index contributed by atoms with van der Waals surface area (Å²) in [5, 5.41) is 10.1. The number of rotatable bonds is 3. The normalized spacial score (nSPS) is 25.0. The molecule has 0 aromatic carbocycles. The van der Waals surface area contributed by atoms with Crippen LogP contribution in [0.1, 0.15) is 37.3 Å². The number of aromatic amines is 1. The predicted octanol–water partition coefficient (Wildman–Crippen LogP) is 2.24. The fraction of sp³-hybridized carbons (Fsp3) is 0.562. The molecule has 2 aliphatic heterocycles. The Kier molecular flexibility index (Phi) is 4.03. The third-order valence-corrected chi connectivity index (χ3v) is 5.71. The van der Waals surface area contributed by atoms with Crippen molar-refractivity contribution in [2.45, 2.75) is 37.6 Å². The van der Waals surface area contributed by atoms with Crippen LogP contribution in [0.15, 0.2) is 23.8 Å². The molecule has 2 aromatic rings. The van der Waals surface area contributed by atoms with E-state index in [1.54, 1.807) is 17.5 Å². The predicted molar refractivity (Wildman–Crippen MR) is 89.6 cm³/mol. The lowest BCUT2D eigenvalue weighted by atomic mass is 9.94. The van der Waals surface area contributed by atoms with Crippen LogP contribution in [0.2, 0.25) is 0 Å². The van der Waals surface area contributed by atoms with Crippen molar-refractivity contribution in [3.05, 3.63) is 29.5 Å². The maximum Gasteiger partial charge on any atom is 0.245 e. The highest BCUT2D eigenvalue weighted by molar-refractivity contribution is 7.13. The van der Waals surface area contributed by atoms with Crippen molar-refractivity contribution in [1.82, 2.24) is 20.1 Å². The maximum absolute atomic E-state index is 13.1. The molecule has 2 saturated heterocycles. The highest BCUT2D eigenvalue weighted by Gasteiger charge is 2.36. The van der Waals surface area contributed by atoms with E-state index in [0.29, 0.717) is 5.92 Å². The molecule has 2 aliphatic rings. The zero-order valence-electron chi connectivity index (χ0n) is 13.0. The Morgan fingerprint density at radius 3 is 2.96 bits per heavy atom. The number of aromatic nitrogens is 3. The molecule has 7 heteroatoms. The number of carbonyl (C=O) groups excluding carboxylic acids is 1. The van der Waals surface area contributed by atoms with Crippen molar-refractivity contribution in [2.24, 2.45) is 0 Å². The van der Waals surface area contributed by atoms with Gasteiger partial charge in [0.1, 0.15) is 6.04 Å². The molecule has 0 spiro atoms. The molecule has 0 unspecified atom stereocenters. The van der Waals surface area contributed by atoms with Gasteiger partial charge in [0.05, 0.1) is 0 Å². The summed E-state index contributed by atoms with van der Waals surface area (Å²) in [6, 6.07) is 1.98. The van der Waals surface area contributed by atoms with Gasteiger partial charge in [0.25, 0.3) is 0 Å². The molecular formula is C16H21N5OS. The quantitative estimate of drug-likeness (QED) is 0.937. The minimum absolute atomic E-state index is 0.0401. The summed E-state index contributed by atoms with van der Waals surface area (Å²) in [6.45, 7) is 2.59. The topological polar surface area (TPSA) is 65.1 Å². The molecule has 122 valence electrons. The van der Waals surface area contributed by atoms with Gasteiger partial charge in [-0.1, -0.05) is 0 Å². The molecule has 1 amide bonds. The average Bonchev–Trinajstić information content (AvgIpc) is 3.35. The van der Waals surface area contributed by atoms with E-state index in [0.717, 1.165) is 56.1 Å². The van der Waals surface area contributed by atoms with Crippen LogP contribution in [0.25, 0.3) is 0 Å². The number of thiazole rings is 1. The molecule has 23 heavy (non-hydrogen) atoms. The Labute approximate surface area is 139 Å².